The zero-order chi connectivity index (χ0) is 28.1. The quantitative estimate of drug-likeness (QED) is 0.266. The SMILES string of the molecule is Cn1nc(C(C)(C)C)cc1NC(=O)Nc1ccc(OCCc2ccnc(CN3CCCCC3)c2)c2ccccc12. The number of piperidine rings is 1. The van der Waals surface area contributed by atoms with E-state index in [4.69, 9.17) is 4.74 Å². The lowest BCUT2D eigenvalue weighted by Crippen LogP contribution is -2.29. The maximum atomic E-state index is 12.9. The number of aryl methyl sites for hydroxylation is 1. The highest BCUT2D eigenvalue weighted by atomic mass is 16.5. The van der Waals surface area contributed by atoms with Crippen molar-refractivity contribution in [1.82, 2.24) is 19.7 Å². The molecule has 0 saturated carbocycles. The molecule has 2 N–H and O–H groups in total. The number of benzene rings is 2. The molecule has 4 aromatic rings. The van der Waals surface area contributed by atoms with Crippen LogP contribution in [0, 0.1) is 0 Å². The summed E-state index contributed by atoms with van der Waals surface area (Å²) >= 11 is 0. The van der Waals surface area contributed by atoms with E-state index in [2.05, 4.69) is 58.5 Å². The van der Waals surface area contributed by atoms with E-state index in [-0.39, 0.29) is 11.4 Å². The van der Waals surface area contributed by atoms with Crippen molar-refractivity contribution in [3.63, 3.8) is 0 Å². The van der Waals surface area contributed by atoms with Crippen LogP contribution in [0.4, 0.5) is 16.3 Å². The average Bonchev–Trinajstić information content (AvgIpc) is 3.31. The van der Waals surface area contributed by atoms with Crippen LogP contribution in [0.2, 0.25) is 0 Å². The number of likely N-dealkylation sites (tertiary alicyclic amines) is 1. The summed E-state index contributed by atoms with van der Waals surface area (Å²) in [4.78, 5) is 20.0. The summed E-state index contributed by atoms with van der Waals surface area (Å²) in [7, 11) is 1.83. The zero-order valence-electron chi connectivity index (χ0n) is 24.0. The molecule has 8 nitrogen and oxygen atoms in total. The van der Waals surface area contributed by atoms with Gasteiger partial charge in [0.2, 0.25) is 0 Å². The van der Waals surface area contributed by atoms with E-state index in [1.165, 1.54) is 24.8 Å². The minimum atomic E-state index is -0.319. The number of nitrogens with one attached hydrogen (secondary N) is 2. The first kappa shape index (κ1) is 27.6. The second-order valence-electron chi connectivity index (χ2n) is 11.6. The van der Waals surface area contributed by atoms with Crippen molar-refractivity contribution in [3.8, 4) is 5.75 Å². The Labute approximate surface area is 236 Å². The van der Waals surface area contributed by atoms with Gasteiger partial charge in [0.25, 0.3) is 0 Å². The van der Waals surface area contributed by atoms with Gasteiger partial charge in [0.05, 0.1) is 23.7 Å². The van der Waals surface area contributed by atoms with E-state index in [0.29, 0.717) is 12.4 Å². The number of aromatic nitrogens is 3. The van der Waals surface area contributed by atoms with Crippen LogP contribution in [-0.4, -0.2) is 45.4 Å². The summed E-state index contributed by atoms with van der Waals surface area (Å²) in [5.74, 6) is 1.44. The normalized spacial score (nSPS) is 14.3. The highest BCUT2D eigenvalue weighted by Gasteiger charge is 2.20. The fourth-order valence-electron chi connectivity index (χ4n) is 5.12. The Balaban J connectivity index is 1.22. The molecule has 1 saturated heterocycles. The third-order valence-corrected chi connectivity index (χ3v) is 7.39. The fourth-order valence-corrected chi connectivity index (χ4v) is 5.12. The molecule has 8 heteroatoms. The van der Waals surface area contributed by atoms with E-state index in [1.807, 2.05) is 55.7 Å². The van der Waals surface area contributed by atoms with Crippen LogP contribution in [0.15, 0.2) is 60.8 Å². The van der Waals surface area contributed by atoms with Gasteiger partial charge >= 0.3 is 6.03 Å². The van der Waals surface area contributed by atoms with Crippen LogP contribution < -0.4 is 15.4 Å². The van der Waals surface area contributed by atoms with Crippen molar-refractivity contribution < 1.29 is 9.53 Å². The van der Waals surface area contributed by atoms with Gasteiger partial charge in [-0.15, -0.1) is 0 Å². The lowest BCUT2D eigenvalue weighted by atomic mass is 9.92. The largest absolute Gasteiger partial charge is 0.493 e. The van der Waals surface area contributed by atoms with Crippen LogP contribution in [-0.2, 0) is 25.4 Å². The van der Waals surface area contributed by atoms with Gasteiger partial charge in [0.15, 0.2) is 0 Å². The number of rotatable bonds is 8. The summed E-state index contributed by atoms with van der Waals surface area (Å²) in [6.45, 7) is 10.1. The fraction of sp³-hybridized carbons (Fsp3) is 0.406. The van der Waals surface area contributed by atoms with Gasteiger partial charge in [-0.25, -0.2) is 4.79 Å². The first-order chi connectivity index (χ1) is 19.3. The number of nitrogens with zero attached hydrogens (tertiary/aromatic N) is 4. The Hall–Kier alpha value is -3.91. The van der Waals surface area contributed by atoms with Crippen molar-refractivity contribution in [2.75, 3.05) is 30.3 Å². The summed E-state index contributed by atoms with van der Waals surface area (Å²) < 4.78 is 7.94. The number of pyridine rings is 1. The average molecular weight is 541 g/mol. The van der Waals surface area contributed by atoms with Crippen LogP contribution in [0.25, 0.3) is 10.8 Å². The van der Waals surface area contributed by atoms with Gasteiger partial charge in [0, 0.05) is 48.5 Å². The van der Waals surface area contributed by atoms with Crippen LogP contribution in [0.3, 0.4) is 0 Å². The maximum Gasteiger partial charge on any atom is 0.324 e. The molecule has 1 aliphatic heterocycles. The zero-order valence-corrected chi connectivity index (χ0v) is 24.0. The molecular formula is C32H40N6O2. The molecule has 0 atom stereocenters. The number of urea groups is 1. The minimum Gasteiger partial charge on any atom is -0.493 e. The van der Waals surface area contributed by atoms with Gasteiger partial charge in [0.1, 0.15) is 11.6 Å². The molecule has 2 amide bonds. The number of anilines is 2. The Morgan fingerprint density at radius 1 is 0.975 bits per heavy atom. The number of amides is 2. The second kappa shape index (κ2) is 12.1. The number of carbonyl (C=O) groups is 1. The van der Waals surface area contributed by atoms with E-state index >= 15 is 0 Å². The lowest BCUT2D eigenvalue weighted by molar-refractivity contribution is 0.218. The van der Waals surface area contributed by atoms with E-state index in [9.17, 15) is 4.79 Å². The third kappa shape index (κ3) is 6.80. The first-order valence-corrected chi connectivity index (χ1v) is 14.2. The summed E-state index contributed by atoms with van der Waals surface area (Å²) in [5.41, 5.74) is 3.88. The highest BCUT2D eigenvalue weighted by molar-refractivity contribution is 6.07. The molecule has 0 unspecified atom stereocenters. The van der Waals surface area contributed by atoms with Crippen molar-refractivity contribution in [2.45, 2.75) is 58.4 Å². The second-order valence-corrected chi connectivity index (χ2v) is 11.6. The molecule has 0 radical (unpaired) electrons. The van der Waals surface area contributed by atoms with E-state index < -0.39 is 0 Å². The topological polar surface area (TPSA) is 84.3 Å². The molecule has 1 aliphatic rings. The molecule has 0 spiro atoms. The van der Waals surface area contributed by atoms with Gasteiger partial charge in [-0.3, -0.25) is 19.9 Å². The van der Waals surface area contributed by atoms with Crippen LogP contribution >= 0.6 is 0 Å². The van der Waals surface area contributed by atoms with E-state index in [1.54, 1.807) is 4.68 Å². The number of ether oxygens (including phenoxy) is 1. The smallest absolute Gasteiger partial charge is 0.324 e. The minimum absolute atomic E-state index is 0.104. The molecule has 2 aromatic heterocycles. The molecule has 0 aliphatic carbocycles. The van der Waals surface area contributed by atoms with Crippen molar-refractivity contribution >= 4 is 28.3 Å². The predicted octanol–water partition coefficient (Wildman–Crippen LogP) is 6.52. The standard InChI is InChI=1S/C32H40N6O2/c1-32(2,3)29-21-30(37(4)36-29)35-31(39)34-27-12-13-28(26-11-7-6-10-25(26)27)40-19-15-23-14-16-33-24(20-23)22-38-17-8-5-9-18-38/h6-7,10-14,16,20-21H,5,8-9,15,17-19,22H2,1-4H3,(H2,34,35,39). The number of hydrogen-bond acceptors (Lipinski definition) is 5. The molecule has 0 bridgehead atoms. The van der Waals surface area contributed by atoms with Gasteiger partial charge in [-0.2, -0.15) is 5.10 Å². The van der Waals surface area contributed by atoms with Gasteiger partial charge in [-0.05, 0) is 55.8 Å². The highest BCUT2D eigenvalue weighted by Crippen LogP contribution is 2.32. The molecule has 5 rings (SSSR count). The Bertz CT molecular complexity index is 1470. The summed E-state index contributed by atoms with van der Waals surface area (Å²) in [6.07, 6.45) is 6.61. The van der Waals surface area contributed by atoms with Crippen molar-refractivity contribution in [2.24, 2.45) is 7.05 Å². The monoisotopic (exact) mass is 540 g/mol. The Kier molecular flexibility index (Phi) is 8.35. The third-order valence-electron chi connectivity index (χ3n) is 7.39. The number of carbonyl (C=O) groups excluding carboxylic acids is 1. The van der Waals surface area contributed by atoms with Crippen LogP contribution in [0.1, 0.15) is 57.0 Å². The Morgan fingerprint density at radius 3 is 2.50 bits per heavy atom. The molecule has 2 aromatic carbocycles. The van der Waals surface area contributed by atoms with Gasteiger partial charge < -0.3 is 10.1 Å². The predicted molar refractivity (Wildman–Crippen MR) is 161 cm³/mol. The number of fused-ring (bicyclic) bond motifs is 1. The summed E-state index contributed by atoms with van der Waals surface area (Å²) in [6, 6.07) is 17.6. The maximum absolute atomic E-state index is 12.9. The van der Waals surface area contributed by atoms with Gasteiger partial charge in [-0.1, -0.05) is 51.5 Å². The van der Waals surface area contributed by atoms with Crippen molar-refractivity contribution in [3.05, 3.63) is 77.7 Å². The first-order valence-electron chi connectivity index (χ1n) is 14.2. The molecule has 3 heterocycles. The molecular weight excluding hydrogens is 500 g/mol. The lowest BCUT2D eigenvalue weighted by Gasteiger charge is -2.26. The Morgan fingerprint density at radius 2 is 1.75 bits per heavy atom. The molecule has 1 fully saturated rings. The van der Waals surface area contributed by atoms with E-state index in [0.717, 1.165) is 59.7 Å². The summed E-state index contributed by atoms with van der Waals surface area (Å²) in [5, 5.41) is 12.3. The molecule has 210 valence electrons. The number of hydrogen-bond donors (Lipinski definition) is 2. The van der Waals surface area contributed by atoms with Crippen LogP contribution in [0.5, 0.6) is 5.75 Å². The molecule has 40 heavy (non-hydrogen) atoms. The van der Waals surface area contributed by atoms with Crippen molar-refractivity contribution in [1.29, 1.82) is 0 Å².